The van der Waals surface area contributed by atoms with Gasteiger partial charge in [-0.05, 0) is 44.5 Å². The fourth-order valence-corrected chi connectivity index (χ4v) is 1.43. The van der Waals surface area contributed by atoms with E-state index in [-0.39, 0.29) is 12.0 Å². The Bertz CT molecular complexity index is 361. The van der Waals surface area contributed by atoms with E-state index in [0.29, 0.717) is 26.0 Å². The normalized spacial score (nSPS) is 10.7. The highest BCUT2D eigenvalue weighted by molar-refractivity contribution is 5.90. The monoisotopic (exact) mass is 250 g/mol. The van der Waals surface area contributed by atoms with Crippen molar-refractivity contribution in [3.05, 3.63) is 29.8 Å². The molecule has 100 valence electrons. The average Bonchev–Trinajstić information content (AvgIpc) is 2.35. The van der Waals surface area contributed by atoms with E-state index in [0.717, 1.165) is 11.3 Å². The molecule has 18 heavy (non-hydrogen) atoms. The molecule has 3 N–H and O–H groups in total. The first-order chi connectivity index (χ1) is 8.61. The summed E-state index contributed by atoms with van der Waals surface area (Å²) in [7, 11) is 0. The maximum absolute atomic E-state index is 11.5. The summed E-state index contributed by atoms with van der Waals surface area (Å²) in [6.07, 6.45) is 1.40. The third-order valence-corrected chi connectivity index (χ3v) is 2.43. The van der Waals surface area contributed by atoms with Crippen molar-refractivity contribution in [2.24, 2.45) is 5.73 Å². The summed E-state index contributed by atoms with van der Waals surface area (Å²) in [6.45, 7) is 5.15. The third kappa shape index (κ3) is 5.80. The highest BCUT2D eigenvalue weighted by atomic mass is 16.5. The van der Waals surface area contributed by atoms with Crippen LogP contribution in [0.2, 0.25) is 0 Å². The Morgan fingerprint density at radius 2 is 2.00 bits per heavy atom. The average molecular weight is 250 g/mol. The Labute approximate surface area is 109 Å². The molecule has 0 unspecified atom stereocenters. The van der Waals surface area contributed by atoms with Crippen molar-refractivity contribution >= 4 is 11.6 Å². The Balaban J connectivity index is 2.42. The summed E-state index contributed by atoms with van der Waals surface area (Å²) in [6, 6.07) is 7.70. The van der Waals surface area contributed by atoms with E-state index < -0.39 is 0 Å². The highest BCUT2D eigenvalue weighted by Gasteiger charge is 2.02. The molecule has 1 rings (SSSR count). The molecule has 0 fully saturated rings. The van der Waals surface area contributed by atoms with Crippen molar-refractivity contribution in [3.8, 4) is 0 Å². The van der Waals surface area contributed by atoms with E-state index in [2.05, 4.69) is 5.32 Å². The van der Waals surface area contributed by atoms with Gasteiger partial charge in [-0.15, -0.1) is 0 Å². The molecule has 4 nitrogen and oxygen atoms in total. The van der Waals surface area contributed by atoms with Gasteiger partial charge in [0.2, 0.25) is 5.91 Å². The molecular weight excluding hydrogens is 228 g/mol. The fraction of sp³-hybridized carbons (Fsp3) is 0.500. The van der Waals surface area contributed by atoms with E-state index in [1.54, 1.807) is 0 Å². The van der Waals surface area contributed by atoms with Gasteiger partial charge in [0.05, 0.1) is 12.7 Å². The zero-order valence-electron chi connectivity index (χ0n) is 11.1. The van der Waals surface area contributed by atoms with Gasteiger partial charge in [-0.2, -0.15) is 0 Å². The van der Waals surface area contributed by atoms with Gasteiger partial charge in [0, 0.05) is 12.1 Å². The zero-order chi connectivity index (χ0) is 13.4. The lowest BCUT2D eigenvalue weighted by atomic mass is 10.2. The van der Waals surface area contributed by atoms with Gasteiger partial charge in [0.25, 0.3) is 0 Å². The van der Waals surface area contributed by atoms with Gasteiger partial charge in [-0.3, -0.25) is 4.79 Å². The van der Waals surface area contributed by atoms with Crippen LogP contribution < -0.4 is 11.1 Å². The van der Waals surface area contributed by atoms with Crippen LogP contribution in [-0.2, 0) is 16.1 Å². The molecule has 0 aliphatic heterocycles. The van der Waals surface area contributed by atoms with E-state index in [1.165, 1.54) is 0 Å². The predicted molar refractivity (Wildman–Crippen MR) is 73.3 cm³/mol. The number of ether oxygens (including phenoxy) is 1. The Hall–Kier alpha value is -1.39. The lowest BCUT2D eigenvalue weighted by Crippen LogP contribution is -2.13. The maximum atomic E-state index is 11.5. The van der Waals surface area contributed by atoms with Crippen LogP contribution in [-0.4, -0.2) is 18.6 Å². The summed E-state index contributed by atoms with van der Waals surface area (Å²) in [4.78, 5) is 11.5. The minimum Gasteiger partial charge on any atom is -0.374 e. The first-order valence-corrected chi connectivity index (χ1v) is 6.32. The molecule has 4 heteroatoms. The van der Waals surface area contributed by atoms with Crippen LogP contribution in [0.4, 0.5) is 5.69 Å². The molecule has 0 saturated carbocycles. The quantitative estimate of drug-likeness (QED) is 0.780. The number of carbonyl (C=O) groups excluding carboxylic acids is 1. The van der Waals surface area contributed by atoms with Crippen molar-refractivity contribution in [2.45, 2.75) is 39.4 Å². The molecular formula is C14H22N2O2. The van der Waals surface area contributed by atoms with Gasteiger partial charge < -0.3 is 15.8 Å². The maximum Gasteiger partial charge on any atom is 0.224 e. The molecule has 0 aliphatic rings. The van der Waals surface area contributed by atoms with Gasteiger partial charge >= 0.3 is 0 Å². The molecule has 1 amide bonds. The molecule has 0 aromatic heterocycles. The van der Waals surface area contributed by atoms with Crippen LogP contribution in [0.1, 0.15) is 32.3 Å². The van der Waals surface area contributed by atoms with Crippen molar-refractivity contribution in [3.63, 3.8) is 0 Å². The third-order valence-electron chi connectivity index (χ3n) is 2.43. The number of amides is 1. The second-order valence-corrected chi connectivity index (χ2v) is 4.50. The zero-order valence-corrected chi connectivity index (χ0v) is 11.1. The van der Waals surface area contributed by atoms with E-state index in [1.807, 2.05) is 38.1 Å². The molecule has 0 heterocycles. The summed E-state index contributed by atoms with van der Waals surface area (Å²) in [5.41, 5.74) is 7.26. The topological polar surface area (TPSA) is 64.3 Å². The van der Waals surface area contributed by atoms with Gasteiger partial charge in [-0.25, -0.2) is 0 Å². The number of hydrogen-bond donors (Lipinski definition) is 2. The summed E-state index contributed by atoms with van der Waals surface area (Å²) < 4.78 is 5.50. The molecule has 0 bridgehead atoms. The van der Waals surface area contributed by atoms with E-state index in [4.69, 9.17) is 10.5 Å². The molecule has 1 aromatic carbocycles. The molecule has 0 aliphatic carbocycles. The fourth-order valence-electron chi connectivity index (χ4n) is 1.43. The van der Waals surface area contributed by atoms with Crippen LogP contribution in [0, 0.1) is 0 Å². The Kier molecular flexibility index (Phi) is 6.39. The highest BCUT2D eigenvalue weighted by Crippen LogP contribution is 2.11. The van der Waals surface area contributed by atoms with Crippen molar-refractivity contribution < 1.29 is 9.53 Å². The van der Waals surface area contributed by atoms with Gasteiger partial charge in [-0.1, -0.05) is 12.1 Å². The second-order valence-electron chi connectivity index (χ2n) is 4.50. The largest absolute Gasteiger partial charge is 0.374 e. The minimum atomic E-state index is 0.00614. The SMILES string of the molecule is CC(C)OCc1ccc(NC(=O)CCCN)cc1. The summed E-state index contributed by atoms with van der Waals surface area (Å²) >= 11 is 0. The molecule has 0 radical (unpaired) electrons. The predicted octanol–water partition coefficient (Wildman–Crippen LogP) is 2.29. The molecule has 1 aromatic rings. The smallest absolute Gasteiger partial charge is 0.224 e. The first-order valence-electron chi connectivity index (χ1n) is 6.32. The van der Waals surface area contributed by atoms with Crippen molar-refractivity contribution in [1.29, 1.82) is 0 Å². The Morgan fingerprint density at radius 3 is 2.56 bits per heavy atom. The number of nitrogens with two attached hydrogens (primary N) is 1. The molecule has 0 atom stereocenters. The number of benzene rings is 1. The summed E-state index contributed by atoms with van der Waals surface area (Å²) in [5, 5.41) is 2.83. The standard InChI is InChI=1S/C14H22N2O2/c1-11(2)18-10-12-5-7-13(8-6-12)16-14(17)4-3-9-15/h5-8,11H,3-4,9-10,15H2,1-2H3,(H,16,17). The van der Waals surface area contributed by atoms with Crippen LogP contribution in [0.25, 0.3) is 0 Å². The number of hydrogen-bond acceptors (Lipinski definition) is 3. The van der Waals surface area contributed by atoms with Gasteiger partial charge in [0.15, 0.2) is 0 Å². The molecule has 0 spiro atoms. The van der Waals surface area contributed by atoms with Crippen molar-refractivity contribution in [1.82, 2.24) is 0 Å². The van der Waals surface area contributed by atoms with E-state index in [9.17, 15) is 4.79 Å². The van der Waals surface area contributed by atoms with Crippen LogP contribution >= 0.6 is 0 Å². The van der Waals surface area contributed by atoms with Gasteiger partial charge in [0.1, 0.15) is 0 Å². The van der Waals surface area contributed by atoms with Crippen LogP contribution in [0.5, 0.6) is 0 Å². The number of nitrogens with one attached hydrogen (secondary N) is 1. The van der Waals surface area contributed by atoms with E-state index >= 15 is 0 Å². The number of rotatable bonds is 7. The second kappa shape index (κ2) is 7.84. The lowest BCUT2D eigenvalue weighted by molar-refractivity contribution is -0.116. The lowest BCUT2D eigenvalue weighted by Gasteiger charge is -2.09. The Morgan fingerprint density at radius 1 is 1.33 bits per heavy atom. The van der Waals surface area contributed by atoms with Crippen LogP contribution in [0.3, 0.4) is 0 Å². The van der Waals surface area contributed by atoms with Crippen LogP contribution in [0.15, 0.2) is 24.3 Å². The first kappa shape index (κ1) is 14.7. The van der Waals surface area contributed by atoms with Crippen molar-refractivity contribution in [2.75, 3.05) is 11.9 Å². The minimum absolute atomic E-state index is 0.00614. The number of carbonyl (C=O) groups is 1. The number of anilines is 1. The summed E-state index contributed by atoms with van der Waals surface area (Å²) in [5.74, 6) is 0.00614. The molecule has 0 saturated heterocycles.